The van der Waals surface area contributed by atoms with Gasteiger partial charge in [0.1, 0.15) is 18.5 Å². The quantitative estimate of drug-likeness (QED) is 0.460. The summed E-state index contributed by atoms with van der Waals surface area (Å²) < 4.78 is 17.9. The third-order valence-corrected chi connectivity index (χ3v) is 6.71. The van der Waals surface area contributed by atoms with Crippen LogP contribution in [0.3, 0.4) is 0 Å². The molecule has 0 bridgehead atoms. The molecule has 1 fully saturated rings. The molecule has 3 aromatic rings. The van der Waals surface area contributed by atoms with Crippen LogP contribution in [0.25, 0.3) is 11.3 Å². The Morgan fingerprint density at radius 1 is 1.31 bits per heavy atom. The normalized spacial score (nSPS) is 19.1. The Morgan fingerprint density at radius 3 is 2.97 bits per heavy atom. The van der Waals surface area contributed by atoms with Gasteiger partial charge in [-0.05, 0) is 44.5 Å². The van der Waals surface area contributed by atoms with Gasteiger partial charge in [-0.2, -0.15) is 0 Å². The lowest BCUT2D eigenvalue weighted by molar-refractivity contribution is -0.181. The van der Waals surface area contributed by atoms with E-state index < -0.39 is 0 Å². The molecule has 5 rings (SSSR count). The summed E-state index contributed by atoms with van der Waals surface area (Å²) in [7, 11) is 0. The van der Waals surface area contributed by atoms with E-state index in [0.29, 0.717) is 54.8 Å². The number of fused-ring (bicyclic) bond motifs is 1. The van der Waals surface area contributed by atoms with E-state index in [4.69, 9.17) is 25.8 Å². The number of nitrogens with zero attached hydrogens (tertiary/aromatic N) is 1. The molecule has 0 radical (unpaired) electrons. The topological polar surface area (TPSA) is 97.5 Å². The Balaban J connectivity index is 1.49. The number of hydrogen-bond acceptors (Lipinski definition) is 6. The number of carbonyl (C=O) groups excluding carboxylic acids is 1. The fourth-order valence-corrected chi connectivity index (χ4v) is 4.47. The maximum atomic E-state index is 12.9. The van der Waals surface area contributed by atoms with Crippen LogP contribution in [0.4, 0.5) is 11.4 Å². The Morgan fingerprint density at radius 2 is 2.17 bits per heavy atom. The molecule has 2 aliphatic rings. The smallest absolute Gasteiger partial charge is 0.255 e. The zero-order valence-corrected chi connectivity index (χ0v) is 20.8. The van der Waals surface area contributed by atoms with E-state index in [-0.39, 0.29) is 17.6 Å². The second kappa shape index (κ2) is 9.53. The number of halogens is 1. The maximum absolute atomic E-state index is 12.9. The van der Waals surface area contributed by atoms with Crippen molar-refractivity contribution in [1.82, 2.24) is 15.3 Å². The van der Waals surface area contributed by atoms with Crippen molar-refractivity contribution >= 4 is 28.9 Å². The number of carbonyl (C=O) groups is 1. The van der Waals surface area contributed by atoms with Crippen LogP contribution < -0.4 is 15.4 Å². The van der Waals surface area contributed by atoms with Crippen LogP contribution in [0.2, 0.25) is 5.02 Å². The van der Waals surface area contributed by atoms with Crippen LogP contribution in [0.5, 0.6) is 5.75 Å². The highest BCUT2D eigenvalue weighted by molar-refractivity contribution is 6.31. The lowest BCUT2D eigenvalue weighted by Gasteiger charge is -2.34. The first kappa shape index (κ1) is 23.7. The van der Waals surface area contributed by atoms with Crippen molar-refractivity contribution in [1.29, 1.82) is 0 Å². The van der Waals surface area contributed by atoms with E-state index in [2.05, 4.69) is 20.6 Å². The number of ether oxygens (including phenoxy) is 3. The number of pyridine rings is 1. The van der Waals surface area contributed by atoms with Crippen molar-refractivity contribution in [2.24, 2.45) is 0 Å². The summed E-state index contributed by atoms with van der Waals surface area (Å²) in [5.41, 5.74) is 5.13. The zero-order valence-electron chi connectivity index (χ0n) is 20.0. The molecule has 1 saturated heterocycles. The van der Waals surface area contributed by atoms with Gasteiger partial charge in [-0.15, -0.1) is 0 Å². The highest BCUT2D eigenvalue weighted by Crippen LogP contribution is 2.41. The molecule has 8 nitrogen and oxygen atoms in total. The van der Waals surface area contributed by atoms with E-state index in [9.17, 15) is 4.79 Å². The van der Waals surface area contributed by atoms with Crippen molar-refractivity contribution < 1.29 is 19.0 Å². The summed E-state index contributed by atoms with van der Waals surface area (Å²) in [5.74, 6) is 0.466. The van der Waals surface area contributed by atoms with Gasteiger partial charge in [0, 0.05) is 41.1 Å². The molecule has 0 aliphatic carbocycles. The van der Waals surface area contributed by atoms with Crippen LogP contribution >= 0.6 is 11.6 Å². The van der Waals surface area contributed by atoms with Crippen molar-refractivity contribution in [2.45, 2.75) is 38.9 Å². The number of H-pyrrole nitrogens is 1. The summed E-state index contributed by atoms with van der Waals surface area (Å²) in [6, 6.07) is 7.54. The lowest BCUT2D eigenvalue weighted by Crippen LogP contribution is -2.44. The standard InChI is InChI=1S/C26H29ClN4O4/c1-15-18(27)5-4-6-19(15)30-24-22-20(8-10-29-25(22)32)31-23(24)17-7-9-28-11-21(17)33-12-16-13-35-26(2,3)14-34-16/h4-7,9,11,16,30-31H,8,10,12-14H2,1-3H3,(H,29,32)/t16-/m0/s1. The Labute approximate surface area is 209 Å². The molecule has 2 aliphatic heterocycles. The molecule has 1 atom stereocenters. The Bertz CT molecular complexity index is 1250. The van der Waals surface area contributed by atoms with Gasteiger partial charge in [0.05, 0.1) is 42.0 Å². The van der Waals surface area contributed by atoms with Crippen LogP contribution in [0.15, 0.2) is 36.7 Å². The number of anilines is 2. The zero-order chi connectivity index (χ0) is 24.6. The molecule has 0 spiro atoms. The van der Waals surface area contributed by atoms with Crippen LogP contribution in [-0.2, 0) is 15.9 Å². The highest BCUT2D eigenvalue weighted by Gasteiger charge is 2.30. The average Bonchev–Trinajstić information content (AvgIpc) is 3.21. The fourth-order valence-electron chi connectivity index (χ4n) is 4.29. The van der Waals surface area contributed by atoms with Crippen molar-refractivity contribution in [3.05, 3.63) is 58.5 Å². The molecule has 1 aromatic carbocycles. The Hall–Kier alpha value is -3.07. The first-order chi connectivity index (χ1) is 16.8. The molecule has 1 amide bonds. The second-order valence-corrected chi connectivity index (χ2v) is 9.87. The van der Waals surface area contributed by atoms with Gasteiger partial charge in [0.2, 0.25) is 0 Å². The molecule has 184 valence electrons. The highest BCUT2D eigenvalue weighted by atomic mass is 35.5. The summed E-state index contributed by atoms with van der Waals surface area (Å²) >= 11 is 6.36. The molecular weight excluding hydrogens is 468 g/mol. The number of hydrogen-bond donors (Lipinski definition) is 3. The second-order valence-electron chi connectivity index (χ2n) is 9.46. The number of nitrogens with one attached hydrogen (secondary N) is 3. The van der Waals surface area contributed by atoms with Gasteiger partial charge in [0.15, 0.2) is 0 Å². The van der Waals surface area contributed by atoms with E-state index in [1.54, 1.807) is 12.4 Å². The first-order valence-electron chi connectivity index (χ1n) is 11.7. The van der Waals surface area contributed by atoms with Crippen LogP contribution in [0.1, 0.15) is 35.5 Å². The maximum Gasteiger partial charge on any atom is 0.255 e. The largest absolute Gasteiger partial charge is 0.488 e. The molecule has 35 heavy (non-hydrogen) atoms. The predicted molar refractivity (Wildman–Crippen MR) is 135 cm³/mol. The molecule has 0 unspecified atom stereocenters. The minimum absolute atomic E-state index is 0.122. The van der Waals surface area contributed by atoms with E-state index in [1.165, 1.54) is 0 Å². The fraction of sp³-hybridized carbons (Fsp3) is 0.385. The third-order valence-electron chi connectivity index (χ3n) is 6.30. The average molecular weight is 497 g/mol. The van der Waals surface area contributed by atoms with Crippen molar-refractivity contribution in [3.63, 3.8) is 0 Å². The Kier molecular flexibility index (Phi) is 6.44. The van der Waals surface area contributed by atoms with Gasteiger partial charge in [0.25, 0.3) is 5.91 Å². The molecule has 3 N–H and O–H groups in total. The number of rotatable bonds is 6. The van der Waals surface area contributed by atoms with Crippen molar-refractivity contribution in [2.75, 3.05) is 31.7 Å². The summed E-state index contributed by atoms with van der Waals surface area (Å²) in [6.07, 6.45) is 3.91. The van der Waals surface area contributed by atoms with Crippen LogP contribution in [0, 0.1) is 6.92 Å². The molecule has 0 saturated carbocycles. The molecule has 2 aromatic heterocycles. The number of aromatic nitrogens is 2. The summed E-state index contributed by atoms with van der Waals surface area (Å²) in [6.45, 7) is 7.82. The SMILES string of the molecule is Cc1c(Cl)cccc1Nc1c(-c2ccncc2OC[C@H]2COC(C)(C)CO2)[nH]c2c1C(=O)NCC2. The lowest BCUT2D eigenvalue weighted by atomic mass is 10.0. The molecule has 4 heterocycles. The number of amides is 1. The molecular formula is C26H29ClN4O4. The minimum atomic E-state index is -0.293. The minimum Gasteiger partial charge on any atom is -0.488 e. The van der Waals surface area contributed by atoms with E-state index >= 15 is 0 Å². The van der Waals surface area contributed by atoms with Gasteiger partial charge < -0.3 is 29.8 Å². The monoisotopic (exact) mass is 496 g/mol. The van der Waals surface area contributed by atoms with Crippen LogP contribution in [-0.4, -0.2) is 53.9 Å². The number of aromatic amines is 1. The number of benzene rings is 1. The molecule has 9 heteroatoms. The summed E-state index contributed by atoms with van der Waals surface area (Å²) in [5, 5.41) is 7.06. The first-order valence-corrected chi connectivity index (χ1v) is 12.1. The van der Waals surface area contributed by atoms with E-state index in [0.717, 1.165) is 28.2 Å². The van der Waals surface area contributed by atoms with E-state index in [1.807, 2.05) is 45.0 Å². The summed E-state index contributed by atoms with van der Waals surface area (Å²) in [4.78, 5) is 20.6. The van der Waals surface area contributed by atoms with Gasteiger partial charge in [-0.3, -0.25) is 9.78 Å². The van der Waals surface area contributed by atoms with Gasteiger partial charge in [-0.25, -0.2) is 0 Å². The van der Waals surface area contributed by atoms with Gasteiger partial charge in [-0.1, -0.05) is 17.7 Å². The third kappa shape index (κ3) is 4.87. The van der Waals surface area contributed by atoms with Crippen molar-refractivity contribution in [3.8, 4) is 17.0 Å². The predicted octanol–water partition coefficient (Wildman–Crippen LogP) is 4.64. The van der Waals surface area contributed by atoms with Gasteiger partial charge >= 0.3 is 0 Å².